The predicted octanol–water partition coefficient (Wildman–Crippen LogP) is 2.46. The third-order valence-electron chi connectivity index (χ3n) is 1.34. The van der Waals surface area contributed by atoms with Gasteiger partial charge in [0.15, 0.2) is 5.75 Å². The van der Waals surface area contributed by atoms with Crippen LogP contribution in [0, 0.1) is 0 Å². The Morgan fingerprint density at radius 3 is 2.64 bits per heavy atom. The zero-order valence-electron chi connectivity index (χ0n) is 6.81. The number of anilines is 1. The Bertz CT molecular complexity index is 329. The van der Waals surface area contributed by atoms with Gasteiger partial charge >= 0.3 is 6.36 Å². The van der Waals surface area contributed by atoms with Gasteiger partial charge < -0.3 is 10.5 Å². The van der Waals surface area contributed by atoms with Crippen molar-refractivity contribution < 1.29 is 17.9 Å². The summed E-state index contributed by atoms with van der Waals surface area (Å²) < 4.78 is 39.3. The minimum atomic E-state index is -4.71. The van der Waals surface area contributed by atoms with Crippen LogP contribution >= 0.6 is 15.9 Å². The van der Waals surface area contributed by atoms with Crippen LogP contribution in [0.4, 0.5) is 19.0 Å². The lowest BCUT2D eigenvalue weighted by molar-refractivity contribution is -0.275. The molecule has 0 unspecified atom stereocenters. The molecule has 14 heavy (non-hydrogen) atoms. The van der Waals surface area contributed by atoms with Gasteiger partial charge in [0, 0.05) is 10.9 Å². The predicted molar refractivity (Wildman–Crippen MR) is 48.0 cm³/mol. The summed E-state index contributed by atoms with van der Waals surface area (Å²) in [5, 5.41) is 0.213. The van der Waals surface area contributed by atoms with E-state index in [1.807, 2.05) is 0 Å². The van der Waals surface area contributed by atoms with Gasteiger partial charge in [-0.1, -0.05) is 15.9 Å². The first-order chi connectivity index (χ1) is 6.42. The molecule has 0 saturated carbocycles. The molecular formula is C7H6BrF3N2O. The van der Waals surface area contributed by atoms with Gasteiger partial charge in [0.05, 0.1) is 6.20 Å². The summed E-state index contributed by atoms with van der Waals surface area (Å²) in [4.78, 5) is 3.50. The van der Waals surface area contributed by atoms with Crippen molar-refractivity contribution in [3.8, 4) is 5.75 Å². The summed E-state index contributed by atoms with van der Waals surface area (Å²) in [6.45, 7) is 0. The third-order valence-corrected chi connectivity index (χ3v) is 1.94. The Balaban J connectivity index is 2.97. The molecule has 3 nitrogen and oxygen atoms in total. The average Bonchev–Trinajstić information content (AvgIpc) is 2.06. The van der Waals surface area contributed by atoms with Gasteiger partial charge in [0.1, 0.15) is 5.82 Å². The molecule has 0 saturated heterocycles. The van der Waals surface area contributed by atoms with Crippen molar-refractivity contribution in [2.24, 2.45) is 0 Å². The number of ether oxygens (including phenoxy) is 1. The van der Waals surface area contributed by atoms with E-state index in [9.17, 15) is 13.2 Å². The van der Waals surface area contributed by atoms with E-state index in [0.29, 0.717) is 5.56 Å². The number of alkyl halides is 4. The Labute approximate surface area is 86.2 Å². The van der Waals surface area contributed by atoms with Gasteiger partial charge in [-0.3, -0.25) is 0 Å². The fraction of sp³-hybridized carbons (Fsp3) is 0.286. The highest BCUT2D eigenvalue weighted by atomic mass is 79.9. The van der Waals surface area contributed by atoms with E-state index in [4.69, 9.17) is 5.73 Å². The first kappa shape index (κ1) is 11.1. The van der Waals surface area contributed by atoms with Crippen molar-refractivity contribution in [2.75, 3.05) is 5.73 Å². The maximum absolute atomic E-state index is 11.9. The fourth-order valence-corrected chi connectivity index (χ4v) is 1.26. The first-order valence-electron chi connectivity index (χ1n) is 3.48. The second-order valence-electron chi connectivity index (χ2n) is 2.40. The molecule has 0 bridgehead atoms. The number of nitrogen functional groups attached to an aromatic ring is 1. The molecule has 0 aliphatic heterocycles. The van der Waals surface area contributed by atoms with Crippen molar-refractivity contribution in [1.29, 1.82) is 0 Å². The van der Waals surface area contributed by atoms with Crippen molar-refractivity contribution in [2.45, 2.75) is 11.7 Å². The molecule has 2 N–H and O–H groups in total. The van der Waals surface area contributed by atoms with Gasteiger partial charge in [-0.05, 0) is 6.07 Å². The Morgan fingerprint density at radius 1 is 1.50 bits per heavy atom. The highest BCUT2D eigenvalue weighted by molar-refractivity contribution is 9.08. The topological polar surface area (TPSA) is 48.1 Å². The van der Waals surface area contributed by atoms with Crippen LogP contribution in [0.5, 0.6) is 5.75 Å². The van der Waals surface area contributed by atoms with E-state index in [1.54, 1.807) is 0 Å². The fourth-order valence-electron chi connectivity index (χ4n) is 0.824. The maximum atomic E-state index is 11.9. The molecule has 0 aliphatic carbocycles. The van der Waals surface area contributed by atoms with Crippen LogP contribution in [0.15, 0.2) is 12.3 Å². The van der Waals surface area contributed by atoms with Gasteiger partial charge in [-0.25, -0.2) is 4.98 Å². The lowest BCUT2D eigenvalue weighted by Crippen LogP contribution is -2.18. The van der Waals surface area contributed by atoms with Gasteiger partial charge in [-0.15, -0.1) is 13.2 Å². The first-order valence-corrected chi connectivity index (χ1v) is 4.60. The molecular weight excluding hydrogens is 265 g/mol. The van der Waals surface area contributed by atoms with E-state index in [1.165, 1.54) is 6.07 Å². The number of rotatable bonds is 2. The lowest BCUT2D eigenvalue weighted by Gasteiger charge is -2.11. The highest BCUT2D eigenvalue weighted by Gasteiger charge is 2.32. The molecule has 1 aromatic rings. The maximum Gasteiger partial charge on any atom is 0.573 e. The van der Waals surface area contributed by atoms with Crippen LogP contribution in [0.3, 0.4) is 0 Å². The Hall–Kier alpha value is -0.980. The van der Waals surface area contributed by atoms with E-state index in [2.05, 4.69) is 25.7 Å². The van der Waals surface area contributed by atoms with E-state index in [-0.39, 0.29) is 16.9 Å². The molecule has 1 rings (SSSR count). The summed E-state index contributed by atoms with van der Waals surface area (Å²) >= 11 is 3.02. The minimum Gasteiger partial charge on any atom is -0.404 e. The number of hydrogen-bond acceptors (Lipinski definition) is 3. The quantitative estimate of drug-likeness (QED) is 0.840. The minimum absolute atomic E-state index is 0.147. The van der Waals surface area contributed by atoms with Crippen molar-refractivity contribution in [3.63, 3.8) is 0 Å². The molecule has 78 valence electrons. The Morgan fingerprint density at radius 2 is 2.14 bits per heavy atom. The van der Waals surface area contributed by atoms with E-state index < -0.39 is 6.36 Å². The molecule has 1 aromatic heterocycles. The normalized spacial score (nSPS) is 11.4. The zero-order chi connectivity index (χ0) is 10.8. The second-order valence-corrected chi connectivity index (χ2v) is 2.96. The van der Waals surface area contributed by atoms with Gasteiger partial charge in [0.25, 0.3) is 0 Å². The van der Waals surface area contributed by atoms with E-state index >= 15 is 0 Å². The molecule has 0 atom stereocenters. The average molecular weight is 271 g/mol. The number of nitrogens with two attached hydrogens (primary N) is 1. The molecule has 7 heteroatoms. The second kappa shape index (κ2) is 4.04. The number of nitrogens with zero attached hydrogens (tertiary/aromatic N) is 1. The monoisotopic (exact) mass is 270 g/mol. The number of pyridine rings is 1. The largest absolute Gasteiger partial charge is 0.573 e. The van der Waals surface area contributed by atoms with Crippen LogP contribution in [-0.4, -0.2) is 11.3 Å². The zero-order valence-corrected chi connectivity index (χ0v) is 8.39. The summed E-state index contributed by atoms with van der Waals surface area (Å²) in [6, 6.07) is 1.32. The summed E-state index contributed by atoms with van der Waals surface area (Å²) in [7, 11) is 0. The van der Waals surface area contributed by atoms with Gasteiger partial charge in [0.2, 0.25) is 0 Å². The molecule has 0 radical (unpaired) electrons. The molecule has 0 spiro atoms. The smallest absolute Gasteiger partial charge is 0.404 e. The van der Waals surface area contributed by atoms with Crippen LogP contribution in [0.2, 0.25) is 0 Å². The summed E-state index contributed by atoms with van der Waals surface area (Å²) in [5.74, 6) is -0.197. The number of halogens is 4. The SMILES string of the molecule is Nc1cc(CBr)c(OC(F)(F)F)cn1. The van der Waals surface area contributed by atoms with Gasteiger partial charge in [-0.2, -0.15) is 0 Å². The Kier molecular flexibility index (Phi) is 3.20. The standard InChI is InChI=1S/C7H6BrF3N2O/c8-2-4-1-6(12)13-3-5(4)14-7(9,10)11/h1,3H,2H2,(H2,12,13). The highest BCUT2D eigenvalue weighted by Crippen LogP contribution is 2.27. The third kappa shape index (κ3) is 3.06. The summed E-state index contributed by atoms with van der Waals surface area (Å²) in [5.41, 5.74) is 5.60. The number of aromatic nitrogens is 1. The van der Waals surface area contributed by atoms with E-state index in [0.717, 1.165) is 6.20 Å². The lowest BCUT2D eigenvalue weighted by atomic mass is 10.3. The van der Waals surface area contributed by atoms with Crippen LogP contribution in [0.25, 0.3) is 0 Å². The van der Waals surface area contributed by atoms with Crippen LogP contribution in [-0.2, 0) is 5.33 Å². The number of hydrogen-bond donors (Lipinski definition) is 1. The molecule has 0 aromatic carbocycles. The van der Waals surface area contributed by atoms with Crippen molar-refractivity contribution >= 4 is 21.7 Å². The van der Waals surface area contributed by atoms with Crippen LogP contribution in [0.1, 0.15) is 5.56 Å². The van der Waals surface area contributed by atoms with Crippen molar-refractivity contribution in [1.82, 2.24) is 4.98 Å². The van der Waals surface area contributed by atoms with Crippen molar-refractivity contribution in [3.05, 3.63) is 17.8 Å². The van der Waals surface area contributed by atoms with Crippen LogP contribution < -0.4 is 10.5 Å². The molecule has 1 heterocycles. The molecule has 0 amide bonds. The molecule has 0 fully saturated rings. The summed E-state index contributed by atoms with van der Waals surface area (Å²) in [6.07, 6.45) is -3.77. The molecule has 0 aliphatic rings.